The average Bonchev–Trinajstić information content (AvgIpc) is 2.37. The highest BCUT2D eigenvalue weighted by Crippen LogP contribution is 2.19. The Morgan fingerprint density at radius 3 is 2.10 bits per heavy atom. The zero-order valence-corrected chi connectivity index (χ0v) is 13.5. The molecule has 20 heavy (non-hydrogen) atoms. The van der Waals surface area contributed by atoms with E-state index < -0.39 is 23.8 Å². The molecule has 0 aliphatic carbocycles. The average molecular weight is 347 g/mol. The molecular weight excluding hydrogens is 324 g/mol. The molecule has 114 valence electrons. The number of imide groups is 2. The maximum absolute atomic E-state index is 11.5. The molecule has 1 unspecified atom stereocenters. The number of unbranched alkanes of at least 4 members (excludes halogenated alkanes) is 3. The van der Waals surface area contributed by atoms with E-state index in [1.165, 1.54) is 25.7 Å². The number of amides is 4. The summed E-state index contributed by atoms with van der Waals surface area (Å²) < 4.78 is 0. The van der Waals surface area contributed by atoms with Crippen molar-refractivity contribution in [2.75, 3.05) is 0 Å². The lowest BCUT2D eigenvalue weighted by Gasteiger charge is -2.20. The second-order valence-electron chi connectivity index (χ2n) is 5.24. The van der Waals surface area contributed by atoms with Crippen molar-refractivity contribution in [3.63, 3.8) is 0 Å². The summed E-state index contributed by atoms with van der Waals surface area (Å²) in [7, 11) is 0. The summed E-state index contributed by atoms with van der Waals surface area (Å²) in [5.41, 5.74) is 0. The van der Waals surface area contributed by atoms with Crippen LogP contribution in [0.4, 0.5) is 4.79 Å². The van der Waals surface area contributed by atoms with Crippen molar-refractivity contribution in [2.24, 2.45) is 5.92 Å². The third-order valence-corrected chi connectivity index (χ3v) is 4.40. The number of alkyl halides is 1. The van der Waals surface area contributed by atoms with Crippen molar-refractivity contribution in [1.29, 1.82) is 0 Å². The molecule has 1 heterocycles. The van der Waals surface area contributed by atoms with Gasteiger partial charge in [-0.3, -0.25) is 20.2 Å². The Hall–Kier alpha value is -0.910. The molecule has 0 saturated carbocycles. The number of carbonyl (C=O) groups excluding carboxylic acids is 3. The third kappa shape index (κ3) is 6.03. The molecule has 1 aliphatic rings. The summed E-state index contributed by atoms with van der Waals surface area (Å²) in [6, 6.07) is -0.715. The molecule has 2 N–H and O–H groups in total. The van der Waals surface area contributed by atoms with Gasteiger partial charge in [0.2, 0.25) is 11.8 Å². The fourth-order valence-electron chi connectivity index (χ4n) is 2.28. The number of carbonyl (C=O) groups is 3. The van der Waals surface area contributed by atoms with Gasteiger partial charge in [-0.2, -0.15) is 0 Å². The molecular formula is C14H23BrN2O3. The molecule has 0 aromatic rings. The van der Waals surface area contributed by atoms with Gasteiger partial charge in [-0.1, -0.05) is 55.0 Å². The van der Waals surface area contributed by atoms with Gasteiger partial charge in [-0.15, -0.1) is 0 Å². The Morgan fingerprint density at radius 1 is 1.00 bits per heavy atom. The molecule has 5 nitrogen and oxygen atoms in total. The van der Waals surface area contributed by atoms with Crippen LogP contribution in [0.1, 0.15) is 58.3 Å². The summed E-state index contributed by atoms with van der Waals surface area (Å²) in [6.45, 7) is 2.19. The molecule has 1 rings (SSSR count). The normalized spacial score (nSPS) is 17.8. The Bertz CT molecular complexity index is 340. The van der Waals surface area contributed by atoms with E-state index in [2.05, 4.69) is 33.5 Å². The molecule has 0 aromatic heterocycles. The van der Waals surface area contributed by atoms with E-state index in [1.807, 2.05) is 0 Å². The van der Waals surface area contributed by atoms with Crippen LogP contribution in [0, 0.1) is 5.92 Å². The maximum Gasteiger partial charge on any atom is 0.328 e. The summed E-state index contributed by atoms with van der Waals surface area (Å²) in [4.78, 5) is 34.5. The van der Waals surface area contributed by atoms with Crippen molar-refractivity contribution in [3.05, 3.63) is 0 Å². The molecule has 6 heteroatoms. The number of barbiturate groups is 1. The van der Waals surface area contributed by atoms with E-state index in [9.17, 15) is 14.4 Å². The zero-order valence-electron chi connectivity index (χ0n) is 11.9. The van der Waals surface area contributed by atoms with E-state index >= 15 is 0 Å². The molecule has 4 amide bonds. The van der Waals surface area contributed by atoms with E-state index in [1.54, 1.807) is 0 Å². The van der Waals surface area contributed by atoms with Crippen molar-refractivity contribution >= 4 is 33.8 Å². The smallest absolute Gasteiger partial charge is 0.277 e. The number of hydrogen-bond donors (Lipinski definition) is 2. The number of hydrogen-bond acceptors (Lipinski definition) is 3. The van der Waals surface area contributed by atoms with Gasteiger partial charge in [0.05, 0.1) is 0 Å². The van der Waals surface area contributed by atoms with E-state index in [0.29, 0.717) is 11.2 Å². The standard InChI is InChI=1S/C14H23BrN2O3/c1-2-3-4-7-10(15)8-5-6-9-11-12(18)16-14(20)17-13(11)19/h10-11H,2-9H2,1H3,(H2,16,17,18,19,20). The zero-order chi connectivity index (χ0) is 15.0. The van der Waals surface area contributed by atoms with Gasteiger partial charge in [0.15, 0.2) is 0 Å². The lowest BCUT2D eigenvalue weighted by atomic mass is 9.97. The Labute approximate surface area is 128 Å². The minimum Gasteiger partial charge on any atom is -0.277 e. The van der Waals surface area contributed by atoms with E-state index in [0.717, 1.165) is 19.3 Å². The first-order valence-electron chi connectivity index (χ1n) is 7.34. The van der Waals surface area contributed by atoms with Crippen molar-refractivity contribution < 1.29 is 14.4 Å². The predicted octanol–water partition coefficient (Wildman–Crippen LogP) is 2.87. The molecule has 0 bridgehead atoms. The fourth-order valence-corrected chi connectivity index (χ4v) is 2.93. The van der Waals surface area contributed by atoms with Crippen LogP contribution in [0.5, 0.6) is 0 Å². The minimum atomic E-state index is -0.721. The highest BCUT2D eigenvalue weighted by molar-refractivity contribution is 9.09. The van der Waals surface area contributed by atoms with Crippen LogP contribution >= 0.6 is 15.9 Å². The van der Waals surface area contributed by atoms with Gasteiger partial charge in [-0.25, -0.2) is 4.79 Å². The van der Waals surface area contributed by atoms with Crippen LogP contribution in [0.25, 0.3) is 0 Å². The summed E-state index contributed by atoms with van der Waals surface area (Å²) in [5.74, 6) is -1.67. The number of urea groups is 1. The first-order chi connectivity index (χ1) is 9.54. The van der Waals surface area contributed by atoms with Gasteiger partial charge in [-0.05, 0) is 19.3 Å². The van der Waals surface area contributed by atoms with E-state index in [-0.39, 0.29) is 0 Å². The molecule has 1 aliphatic heterocycles. The minimum absolute atomic E-state index is 0.475. The molecule has 0 spiro atoms. The highest BCUT2D eigenvalue weighted by atomic mass is 79.9. The second kappa shape index (κ2) is 9.10. The highest BCUT2D eigenvalue weighted by Gasteiger charge is 2.33. The maximum atomic E-state index is 11.5. The molecule has 0 aromatic carbocycles. The van der Waals surface area contributed by atoms with Gasteiger partial charge in [0.25, 0.3) is 0 Å². The largest absolute Gasteiger partial charge is 0.328 e. The summed E-state index contributed by atoms with van der Waals surface area (Å²) in [5, 5.41) is 4.25. The van der Waals surface area contributed by atoms with Crippen LogP contribution in [0.15, 0.2) is 0 Å². The number of rotatable bonds is 9. The second-order valence-corrected chi connectivity index (χ2v) is 6.53. The van der Waals surface area contributed by atoms with Crippen LogP contribution in [-0.2, 0) is 9.59 Å². The SMILES string of the molecule is CCCCCC(Br)CCCCC1C(=O)NC(=O)NC1=O. The fraction of sp³-hybridized carbons (Fsp3) is 0.786. The Balaban J connectivity index is 2.15. The van der Waals surface area contributed by atoms with Crippen molar-refractivity contribution in [2.45, 2.75) is 63.1 Å². The van der Waals surface area contributed by atoms with Gasteiger partial charge in [0, 0.05) is 4.83 Å². The van der Waals surface area contributed by atoms with Gasteiger partial charge >= 0.3 is 6.03 Å². The lowest BCUT2D eigenvalue weighted by Crippen LogP contribution is -2.55. The monoisotopic (exact) mass is 346 g/mol. The van der Waals surface area contributed by atoms with E-state index in [4.69, 9.17) is 0 Å². The van der Waals surface area contributed by atoms with Crippen LogP contribution in [0.3, 0.4) is 0 Å². The molecule has 1 fully saturated rings. The quantitative estimate of drug-likeness (QED) is 0.383. The third-order valence-electron chi connectivity index (χ3n) is 3.49. The van der Waals surface area contributed by atoms with Crippen molar-refractivity contribution in [1.82, 2.24) is 10.6 Å². The van der Waals surface area contributed by atoms with Crippen molar-refractivity contribution in [3.8, 4) is 0 Å². The summed E-state index contributed by atoms with van der Waals surface area (Å²) in [6.07, 6.45) is 8.25. The summed E-state index contributed by atoms with van der Waals surface area (Å²) >= 11 is 3.66. The molecule has 1 saturated heterocycles. The van der Waals surface area contributed by atoms with Gasteiger partial charge in [0.1, 0.15) is 5.92 Å². The van der Waals surface area contributed by atoms with Crippen LogP contribution < -0.4 is 10.6 Å². The first-order valence-corrected chi connectivity index (χ1v) is 8.26. The van der Waals surface area contributed by atoms with Crippen LogP contribution in [0.2, 0.25) is 0 Å². The Kier molecular flexibility index (Phi) is 7.80. The van der Waals surface area contributed by atoms with Crippen LogP contribution in [-0.4, -0.2) is 22.7 Å². The molecule has 1 atom stereocenters. The molecule has 0 radical (unpaired) electrons. The first kappa shape index (κ1) is 17.1. The number of halogens is 1. The lowest BCUT2D eigenvalue weighted by molar-refractivity contribution is -0.136. The predicted molar refractivity (Wildman–Crippen MR) is 80.5 cm³/mol. The Morgan fingerprint density at radius 2 is 1.55 bits per heavy atom. The topological polar surface area (TPSA) is 75.3 Å². The number of nitrogens with one attached hydrogen (secondary N) is 2. The van der Waals surface area contributed by atoms with Gasteiger partial charge < -0.3 is 0 Å².